The van der Waals surface area contributed by atoms with Gasteiger partial charge in [0.05, 0.1) is 5.02 Å². The van der Waals surface area contributed by atoms with Crippen LogP contribution in [0.15, 0.2) is 18.2 Å². The van der Waals surface area contributed by atoms with E-state index in [2.05, 4.69) is 6.92 Å². The van der Waals surface area contributed by atoms with E-state index in [1.54, 1.807) is 12.1 Å². The van der Waals surface area contributed by atoms with Gasteiger partial charge in [0, 0.05) is 12.8 Å². The molecule has 0 aliphatic carbocycles. The van der Waals surface area contributed by atoms with Crippen molar-refractivity contribution in [1.29, 1.82) is 0 Å². The van der Waals surface area contributed by atoms with Gasteiger partial charge in [0.2, 0.25) is 0 Å². The number of ketones is 1. The van der Waals surface area contributed by atoms with Gasteiger partial charge in [-0.15, -0.1) is 0 Å². The number of hydrogen-bond acceptors (Lipinski definition) is 1. The van der Waals surface area contributed by atoms with Crippen LogP contribution in [0.3, 0.4) is 0 Å². The largest absolute Gasteiger partial charge is 0.299 e. The Bertz CT molecular complexity index is 376. The first-order chi connectivity index (χ1) is 8.15. The molecule has 0 aliphatic heterocycles. The fraction of sp³-hybridized carbons (Fsp3) is 0.500. The minimum Gasteiger partial charge on any atom is -0.299 e. The summed E-state index contributed by atoms with van der Waals surface area (Å²) < 4.78 is 13.5. The third kappa shape index (κ3) is 4.86. The summed E-state index contributed by atoms with van der Waals surface area (Å²) in [5, 5.41) is 0.0845. The van der Waals surface area contributed by atoms with Crippen LogP contribution in [0.25, 0.3) is 0 Å². The first-order valence-electron chi connectivity index (χ1n) is 6.09. The number of carbonyl (C=O) groups excluding carboxylic acids is 1. The lowest BCUT2D eigenvalue weighted by molar-refractivity contribution is -0.118. The first kappa shape index (κ1) is 14.2. The Labute approximate surface area is 107 Å². The Kier molecular flexibility index (Phi) is 6.20. The average Bonchev–Trinajstić information content (AvgIpc) is 2.31. The van der Waals surface area contributed by atoms with Crippen molar-refractivity contribution in [1.82, 2.24) is 0 Å². The molecular formula is C14H18ClFO. The van der Waals surface area contributed by atoms with E-state index >= 15 is 0 Å². The highest BCUT2D eigenvalue weighted by Crippen LogP contribution is 2.19. The third-order valence-corrected chi connectivity index (χ3v) is 3.02. The Morgan fingerprint density at radius 3 is 2.76 bits per heavy atom. The van der Waals surface area contributed by atoms with Crippen molar-refractivity contribution >= 4 is 17.4 Å². The molecule has 0 radical (unpaired) electrons. The summed E-state index contributed by atoms with van der Waals surface area (Å²) in [6.07, 6.45) is 4.95. The highest BCUT2D eigenvalue weighted by Gasteiger charge is 2.10. The normalized spacial score (nSPS) is 10.5. The summed E-state index contributed by atoms with van der Waals surface area (Å²) in [4.78, 5) is 11.6. The smallest absolute Gasteiger partial charge is 0.145 e. The van der Waals surface area contributed by atoms with E-state index in [-0.39, 0.29) is 17.2 Å². The molecule has 0 heterocycles. The van der Waals surface area contributed by atoms with Gasteiger partial charge >= 0.3 is 0 Å². The highest BCUT2D eigenvalue weighted by molar-refractivity contribution is 6.30. The Hall–Kier alpha value is -0.890. The van der Waals surface area contributed by atoms with Crippen molar-refractivity contribution < 1.29 is 9.18 Å². The van der Waals surface area contributed by atoms with Gasteiger partial charge in [-0.3, -0.25) is 4.79 Å². The van der Waals surface area contributed by atoms with Gasteiger partial charge in [0.15, 0.2) is 0 Å². The molecule has 0 saturated carbocycles. The van der Waals surface area contributed by atoms with Crippen LogP contribution in [0.5, 0.6) is 0 Å². The molecule has 1 rings (SSSR count). The second-order valence-electron chi connectivity index (χ2n) is 4.24. The van der Waals surface area contributed by atoms with Gasteiger partial charge in [-0.25, -0.2) is 4.39 Å². The minimum absolute atomic E-state index is 0.0845. The summed E-state index contributed by atoms with van der Waals surface area (Å²) in [7, 11) is 0. The van der Waals surface area contributed by atoms with Crippen LogP contribution in [0.2, 0.25) is 5.02 Å². The SMILES string of the molecule is CCCCCCC(=O)Cc1cccc(Cl)c1F. The van der Waals surface area contributed by atoms with Gasteiger partial charge in [-0.05, 0) is 18.1 Å². The number of rotatable bonds is 7. The second-order valence-corrected chi connectivity index (χ2v) is 4.65. The molecule has 0 unspecified atom stereocenters. The van der Waals surface area contributed by atoms with E-state index in [0.29, 0.717) is 12.0 Å². The molecule has 0 saturated heterocycles. The molecule has 0 aromatic heterocycles. The predicted molar refractivity (Wildman–Crippen MR) is 68.9 cm³/mol. The molecule has 0 aliphatic rings. The Balaban J connectivity index is 2.43. The van der Waals surface area contributed by atoms with Crippen molar-refractivity contribution in [2.24, 2.45) is 0 Å². The molecule has 1 aromatic rings. The van der Waals surface area contributed by atoms with Gasteiger partial charge in [-0.1, -0.05) is 49.9 Å². The van der Waals surface area contributed by atoms with E-state index in [9.17, 15) is 9.18 Å². The quantitative estimate of drug-likeness (QED) is 0.654. The van der Waals surface area contributed by atoms with Crippen LogP contribution >= 0.6 is 11.6 Å². The van der Waals surface area contributed by atoms with Crippen molar-refractivity contribution in [3.05, 3.63) is 34.6 Å². The van der Waals surface area contributed by atoms with Crippen LogP contribution in [0.1, 0.15) is 44.6 Å². The number of unbranched alkanes of at least 4 members (excludes halogenated alkanes) is 3. The maximum absolute atomic E-state index is 13.5. The van der Waals surface area contributed by atoms with Crippen LogP contribution < -0.4 is 0 Å². The first-order valence-corrected chi connectivity index (χ1v) is 6.47. The van der Waals surface area contributed by atoms with Crippen LogP contribution in [-0.4, -0.2) is 5.78 Å². The fourth-order valence-electron chi connectivity index (χ4n) is 1.73. The lowest BCUT2D eigenvalue weighted by atomic mass is 10.0. The van der Waals surface area contributed by atoms with Crippen molar-refractivity contribution in [3.63, 3.8) is 0 Å². The van der Waals surface area contributed by atoms with E-state index in [1.807, 2.05) is 0 Å². The van der Waals surface area contributed by atoms with Gasteiger partial charge in [0.25, 0.3) is 0 Å². The zero-order valence-electron chi connectivity index (χ0n) is 10.1. The van der Waals surface area contributed by atoms with Gasteiger partial charge in [-0.2, -0.15) is 0 Å². The summed E-state index contributed by atoms with van der Waals surface area (Å²) in [5.41, 5.74) is 0.401. The average molecular weight is 257 g/mol. The molecule has 17 heavy (non-hydrogen) atoms. The zero-order valence-corrected chi connectivity index (χ0v) is 10.9. The highest BCUT2D eigenvalue weighted by atomic mass is 35.5. The number of hydrogen-bond donors (Lipinski definition) is 0. The maximum Gasteiger partial charge on any atom is 0.145 e. The molecule has 1 aromatic carbocycles. The fourth-order valence-corrected chi connectivity index (χ4v) is 1.93. The van der Waals surface area contributed by atoms with Crippen molar-refractivity contribution in [3.8, 4) is 0 Å². The molecule has 0 amide bonds. The maximum atomic E-state index is 13.5. The summed E-state index contributed by atoms with van der Waals surface area (Å²) >= 11 is 5.66. The summed E-state index contributed by atoms with van der Waals surface area (Å²) in [6.45, 7) is 2.13. The molecule has 0 N–H and O–H groups in total. The number of Topliss-reactive ketones (excluding diaryl/α,β-unsaturated/α-hetero) is 1. The lowest BCUT2D eigenvalue weighted by Crippen LogP contribution is -2.04. The van der Waals surface area contributed by atoms with Gasteiger partial charge in [0.1, 0.15) is 11.6 Å². The second kappa shape index (κ2) is 7.44. The van der Waals surface area contributed by atoms with E-state index in [4.69, 9.17) is 11.6 Å². The van der Waals surface area contributed by atoms with Crippen LogP contribution in [0, 0.1) is 5.82 Å². The van der Waals surface area contributed by atoms with Crippen LogP contribution in [-0.2, 0) is 11.2 Å². The molecule has 3 heteroatoms. The van der Waals surface area contributed by atoms with E-state index in [0.717, 1.165) is 25.7 Å². The number of benzene rings is 1. The van der Waals surface area contributed by atoms with Gasteiger partial charge < -0.3 is 0 Å². The van der Waals surface area contributed by atoms with Crippen molar-refractivity contribution in [2.75, 3.05) is 0 Å². The topological polar surface area (TPSA) is 17.1 Å². The number of halogens is 2. The summed E-state index contributed by atoms with van der Waals surface area (Å²) in [6, 6.07) is 4.78. The molecule has 1 nitrogen and oxygen atoms in total. The van der Waals surface area contributed by atoms with E-state index < -0.39 is 5.82 Å². The van der Waals surface area contributed by atoms with Crippen LogP contribution in [0.4, 0.5) is 4.39 Å². The Morgan fingerprint density at radius 1 is 1.29 bits per heavy atom. The van der Waals surface area contributed by atoms with Crippen molar-refractivity contribution in [2.45, 2.75) is 45.4 Å². The zero-order chi connectivity index (χ0) is 12.7. The Morgan fingerprint density at radius 2 is 2.06 bits per heavy atom. The molecule has 0 spiro atoms. The monoisotopic (exact) mass is 256 g/mol. The number of carbonyl (C=O) groups is 1. The van der Waals surface area contributed by atoms with E-state index in [1.165, 1.54) is 6.07 Å². The molecule has 0 atom stereocenters. The standard InChI is InChI=1S/C14H18ClFO/c1-2-3-4-5-8-12(17)10-11-7-6-9-13(15)14(11)16/h6-7,9H,2-5,8,10H2,1H3. The lowest BCUT2D eigenvalue weighted by Gasteiger charge is -2.04. The molecule has 94 valence electrons. The molecule has 0 bridgehead atoms. The summed E-state index contributed by atoms with van der Waals surface area (Å²) in [5.74, 6) is -0.377. The predicted octanol–water partition coefficient (Wildman–Crippen LogP) is 4.56. The minimum atomic E-state index is -0.462. The molecule has 0 fully saturated rings. The third-order valence-electron chi connectivity index (χ3n) is 2.73. The molecular weight excluding hydrogens is 239 g/mol.